The Kier molecular flexibility index (Phi) is 5.31. The zero-order valence-corrected chi connectivity index (χ0v) is 13.3. The lowest BCUT2D eigenvalue weighted by molar-refractivity contribution is -0.141. The number of nitrogens with one attached hydrogen (secondary N) is 2. The SMILES string of the molecule is Cc1c(Cl)cccc1NC(=O)CC1SCC(C(=O)O)NC1=O. The third kappa shape index (κ3) is 3.92. The summed E-state index contributed by atoms with van der Waals surface area (Å²) >= 11 is 7.16. The highest BCUT2D eigenvalue weighted by atomic mass is 35.5. The molecule has 2 unspecified atom stereocenters. The predicted molar refractivity (Wildman–Crippen MR) is 85.2 cm³/mol. The summed E-state index contributed by atoms with van der Waals surface area (Å²) in [6, 6.07) is 4.29. The first-order chi connectivity index (χ1) is 10.4. The van der Waals surface area contributed by atoms with E-state index in [4.69, 9.17) is 16.7 Å². The first-order valence-electron chi connectivity index (χ1n) is 6.58. The molecule has 1 aromatic rings. The monoisotopic (exact) mass is 342 g/mol. The molecule has 0 saturated carbocycles. The number of carbonyl (C=O) groups is 3. The summed E-state index contributed by atoms with van der Waals surface area (Å²) in [6.07, 6.45) is -0.0191. The molecule has 22 heavy (non-hydrogen) atoms. The zero-order chi connectivity index (χ0) is 16.3. The minimum Gasteiger partial charge on any atom is -0.480 e. The normalized spacial score (nSPS) is 21.1. The molecule has 1 fully saturated rings. The molecule has 3 N–H and O–H groups in total. The summed E-state index contributed by atoms with van der Waals surface area (Å²) in [4.78, 5) is 34.7. The van der Waals surface area contributed by atoms with Gasteiger partial charge in [-0.25, -0.2) is 4.79 Å². The molecule has 2 amide bonds. The van der Waals surface area contributed by atoms with Crippen LogP contribution in [0.5, 0.6) is 0 Å². The summed E-state index contributed by atoms with van der Waals surface area (Å²) in [6.45, 7) is 1.79. The van der Waals surface area contributed by atoms with Crippen LogP contribution in [-0.4, -0.2) is 39.9 Å². The van der Waals surface area contributed by atoms with E-state index < -0.39 is 23.2 Å². The zero-order valence-electron chi connectivity index (χ0n) is 11.8. The van der Waals surface area contributed by atoms with Gasteiger partial charge >= 0.3 is 5.97 Å². The smallest absolute Gasteiger partial charge is 0.327 e. The molecule has 2 atom stereocenters. The van der Waals surface area contributed by atoms with Gasteiger partial charge in [0.05, 0.1) is 5.25 Å². The molecule has 0 aromatic heterocycles. The third-order valence-electron chi connectivity index (χ3n) is 3.28. The number of benzene rings is 1. The number of thioether (sulfide) groups is 1. The minimum absolute atomic E-state index is 0.0191. The minimum atomic E-state index is -1.07. The van der Waals surface area contributed by atoms with Gasteiger partial charge in [0.2, 0.25) is 11.8 Å². The summed E-state index contributed by atoms with van der Waals surface area (Å²) in [5.74, 6) is -1.57. The second-order valence-corrected chi connectivity index (χ2v) is 6.53. The van der Waals surface area contributed by atoms with Crippen molar-refractivity contribution in [2.75, 3.05) is 11.1 Å². The van der Waals surface area contributed by atoms with Gasteiger partial charge in [0, 0.05) is 22.9 Å². The summed E-state index contributed by atoms with van der Waals surface area (Å²) in [5, 5.41) is 13.9. The van der Waals surface area contributed by atoms with Crippen LogP contribution in [0.4, 0.5) is 5.69 Å². The average molecular weight is 343 g/mol. The van der Waals surface area contributed by atoms with E-state index in [1.165, 1.54) is 11.8 Å². The number of carboxylic acid groups (broad SMARTS) is 1. The molecule has 1 aromatic carbocycles. The topological polar surface area (TPSA) is 95.5 Å². The Hall–Kier alpha value is -1.73. The molecular formula is C14H15ClN2O4S. The van der Waals surface area contributed by atoms with E-state index in [-0.39, 0.29) is 18.1 Å². The summed E-state index contributed by atoms with van der Waals surface area (Å²) in [7, 11) is 0. The fourth-order valence-corrected chi connectivity index (χ4v) is 3.31. The van der Waals surface area contributed by atoms with Gasteiger partial charge in [-0.2, -0.15) is 0 Å². The Balaban J connectivity index is 1.94. The van der Waals surface area contributed by atoms with E-state index in [1.807, 2.05) is 0 Å². The number of amides is 2. The van der Waals surface area contributed by atoms with Crippen molar-refractivity contribution in [3.8, 4) is 0 Å². The highest BCUT2D eigenvalue weighted by molar-refractivity contribution is 8.00. The van der Waals surface area contributed by atoms with Crippen LogP contribution in [0.3, 0.4) is 0 Å². The second kappa shape index (κ2) is 7.02. The van der Waals surface area contributed by atoms with Gasteiger partial charge in [0.15, 0.2) is 0 Å². The van der Waals surface area contributed by atoms with E-state index in [9.17, 15) is 14.4 Å². The number of carbonyl (C=O) groups excluding carboxylic acids is 2. The standard InChI is InChI=1S/C14H15ClN2O4S/c1-7-8(15)3-2-4-9(7)16-12(18)5-11-13(19)17-10(6-22-11)14(20)21/h2-4,10-11H,5-6H2,1H3,(H,16,18)(H,17,19)(H,20,21). The first kappa shape index (κ1) is 16.6. The molecule has 0 spiro atoms. The Bertz CT molecular complexity index is 623. The number of carboxylic acids is 1. The quantitative estimate of drug-likeness (QED) is 0.773. The fraction of sp³-hybridized carbons (Fsp3) is 0.357. The molecule has 118 valence electrons. The molecular weight excluding hydrogens is 328 g/mol. The average Bonchev–Trinajstić information content (AvgIpc) is 2.46. The maximum atomic E-state index is 12.0. The number of aliphatic carboxylic acids is 1. The lowest BCUT2D eigenvalue weighted by atomic mass is 10.2. The molecule has 2 rings (SSSR count). The van der Waals surface area contributed by atoms with E-state index in [2.05, 4.69) is 10.6 Å². The molecule has 0 radical (unpaired) electrons. The number of hydrogen-bond acceptors (Lipinski definition) is 4. The van der Waals surface area contributed by atoms with E-state index in [1.54, 1.807) is 25.1 Å². The van der Waals surface area contributed by atoms with Gasteiger partial charge in [-0.3, -0.25) is 9.59 Å². The molecule has 0 aliphatic carbocycles. The highest BCUT2D eigenvalue weighted by Gasteiger charge is 2.33. The van der Waals surface area contributed by atoms with Crippen molar-refractivity contribution < 1.29 is 19.5 Å². The summed E-state index contributed by atoms with van der Waals surface area (Å²) in [5.41, 5.74) is 1.35. The largest absolute Gasteiger partial charge is 0.480 e. The van der Waals surface area contributed by atoms with Crippen LogP contribution in [0.1, 0.15) is 12.0 Å². The molecule has 6 nitrogen and oxygen atoms in total. The van der Waals surface area contributed by atoms with E-state index in [0.29, 0.717) is 10.7 Å². The second-order valence-electron chi connectivity index (χ2n) is 4.89. The van der Waals surface area contributed by atoms with Gasteiger partial charge in [-0.05, 0) is 24.6 Å². The van der Waals surface area contributed by atoms with Crippen LogP contribution >= 0.6 is 23.4 Å². The van der Waals surface area contributed by atoms with E-state index in [0.717, 1.165) is 5.56 Å². The Morgan fingerprint density at radius 3 is 2.86 bits per heavy atom. The Labute approximate surface area is 136 Å². The van der Waals surface area contributed by atoms with Crippen LogP contribution in [-0.2, 0) is 14.4 Å². The van der Waals surface area contributed by atoms with Crippen LogP contribution in [0.25, 0.3) is 0 Å². The summed E-state index contributed by atoms with van der Waals surface area (Å²) < 4.78 is 0. The molecule has 1 heterocycles. The highest BCUT2D eigenvalue weighted by Crippen LogP contribution is 2.25. The van der Waals surface area contributed by atoms with Crippen LogP contribution in [0.2, 0.25) is 5.02 Å². The third-order valence-corrected chi connectivity index (χ3v) is 5.00. The van der Waals surface area contributed by atoms with Crippen LogP contribution in [0, 0.1) is 6.92 Å². The van der Waals surface area contributed by atoms with Crippen LogP contribution in [0.15, 0.2) is 18.2 Å². The number of anilines is 1. The molecule has 1 aliphatic rings. The van der Waals surface area contributed by atoms with Crippen molar-refractivity contribution in [3.63, 3.8) is 0 Å². The molecule has 1 saturated heterocycles. The molecule has 1 aliphatic heterocycles. The maximum absolute atomic E-state index is 12.0. The number of rotatable bonds is 4. The first-order valence-corrected chi connectivity index (χ1v) is 8.01. The Morgan fingerprint density at radius 1 is 1.50 bits per heavy atom. The van der Waals surface area contributed by atoms with E-state index >= 15 is 0 Å². The Morgan fingerprint density at radius 2 is 2.23 bits per heavy atom. The van der Waals surface area contributed by atoms with Gasteiger partial charge in [-0.1, -0.05) is 17.7 Å². The van der Waals surface area contributed by atoms with Gasteiger partial charge in [0.25, 0.3) is 0 Å². The maximum Gasteiger partial charge on any atom is 0.327 e. The van der Waals surface area contributed by atoms with Gasteiger partial charge in [0.1, 0.15) is 6.04 Å². The van der Waals surface area contributed by atoms with Gasteiger partial charge < -0.3 is 15.7 Å². The van der Waals surface area contributed by atoms with Crippen molar-refractivity contribution >= 4 is 46.8 Å². The number of halogens is 1. The van der Waals surface area contributed by atoms with Crippen molar-refractivity contribution in [2.45, 2.75) is 24.6 Å². The van der Waals surface area contributed by atoms with Crippen molar-refractivity contribution in [1.82, 2.24) is 5.32 Å². The lowest BCUT2D eigenvalue weighted by Gasteiger charge is -2.25. The molecule has 0 bridgehead atoms. The van der Waals surface area contributed by atoms with Gasteiger partial charge in [-0.15, -0.1) is 11.8 Å². The molecule has 8 heteroatoms. The number of hydrogen-bond donors (Lipinski definition) is 3. The van der Waals surface area contributed by atoms with Crippen molar-refractivity contribution in [3.05, 3.63) is 28.8 Å². The van der Waals surface area contributed by atoms with Crippen LogP contribution < -0.4 is 10.6 Å². The lowest BCUT2D eigenvalue weighted by Crippen LogP contribution is -2.51. The van der Waals surface area contributed by atoms with Crippen molar-refractivity contribution in [1.29, 1.82) is 0 Å². The predicted octanol–water partition coefficient (Wildman–Crippen LogP) is 1.66. The van der Waals surface area contributed by atoms with Crippen molar-refractivity contribution in [2.24, 2.45) is 0 Å². The fourth-order valence-electron chi connectivity index (χ4n) is 1.99.